The van der Waals surface area contributed by atoms with Gasteiger partial charge >= 0.3 is 5.97 Å². The molecule has 0 aliphatic heterocycles. The molecule has 15 heavy (non-hydrogen) atoms. The van der Waals surface area contributed by atoms with Crippen LogP contribution < -0.4 is 11.1 Å². The summed E-state index contributed by atoms with van der Waals surface area (Å²) in [4.78, 5) is 22.2. The fourth-order valence-electron chi connectivity index (χ4n) is 1.72. The lowest BCUT2D eigenvalue weighted by Crippen LogP contribution is -2.46. The molecule has 1 rings (SSSR count). The lowest BCUT2D eigenvalue weighted by Gasteiger charge is -2.18. The molecular weight excluding hydrogens is 196 g/mol. The van der Waals surface area contributed by atoms with Crippen LogP contribution in [0.4, 0.5) is 0 Å². The Labute approximate surface area is 88.3 Å². The van der Waals surface area contributed by atoms with Gasteiger partial charge in [0.2, 0.25) is 5.91 Å². The second kappa shape index (κ2) is 4.44. The third kappa shape index (κ3) is 2.79. The number of aliphatic carboxylic acids is 1. The van der Waals surface area contributed by atoms with Crippen molar-refractivity contribution in [1.29, 1.82) is 0 Å². The van der Waals surface area contributed by atoms with Gasteiger partial charge in [-0.05, 0) is 19.8 Å². The number of nitrogens with one attached hydrogen (secondary N) is 1. The van der Waals surface area contributed by atoms with Crippen LogP contribution in [0.25, 0.3) is 0 Å². The highest BCUT2D eigenvalue weighted by Gasteiger charge is 2.36. The smallest absolute Gasteiger partial charge is 0.308 e. The van der Waals surface area contributed by atoms with Crippen LogP contribution in [0.1, 0.15) is 19.8 Å². The number of carbonyl (C=O) groups is 2. The SMILES string of the molecule is C=C1C[C@H](C(=O)O)[C@H](NC(=O)[C@H](C)N)C1. The maximum absolute atomic E-state index is 11.3. The first-order chi connectivity index (χ1) is 6.91. The van der Waals surface area contributed by atoms with Gasteiger partial charge < -0.3 is 16.2 Å². The van der Waals surface area contributed by atoms with Crippen LogP contribution >= 0.6 is 0 Å². The van der Waals surface area contributed by atoms with Crippen LogP contribution in [-0.2, 0) is 9.59 Å². The maximum atomic E-state index is 11.3. The van der Waals surface area contributed by atoms with E-state index in [1.807, 2.05) is 0 Å². The Morgan fingerprint density at radius 1 is 1.60 bits per heavy atom. The molecule has 0 aromatic carbocycles. The average Bonchev–Trinajstić information content (AvgIpc) is 2.46. The molecule has 1 amide bonds. The molecule has 1 fully saturated rings. The Kier molecular flexibility index (Phi) is 3.47. The third-order valence-corrected chi connectivity index (χ3v) is 2.56. The number of carbonyl (C=O) groups excluding carboxylic acids is 1. The highest BCUT2D eigenvalue weighted by atomic mass is 16.4. The molecule has 5 heteroatoms. The summed E-state index contributed by atoms with van der Waals surface area (Å²) in [7, 11) is 0. The lowest BCUT2D eigenvalue weighted by molar-refractivity contribution is -0.142. The van der Waals surface area contributed by atoms with Gasteiger partial charge in [-0.1, -0.05) is 12.2 Å². The van der Waals surface area contributed by atoms with Crippen LogP contribution in [0.5, 0.6) is 0 Å². The second-order valence-corrected chi connectivity index (χ2v) is 4.01. The van der Waals surface area contributed by atoms with Gasteiger partial charge in [0.05, 0.1) is 12.0 Å². The summed E-state index contributed by atoms with van der Waals surface area (Å²) < 4.78 is 0. The van der Waals surface area contributed by atoms with Crippen LogP contribution in [0, 0.1) is 5.92 Å². The Morgan fingerprint density at radius 3 is 2.67 bits per heavy atom. The minimum absolute atomic E-state index is 0.319. The van der Waals surface area contributed by atoms with E-state index >= 15 is 0 Å². The second-order valence-electron chi connectivity index (χ2n) is 4.01. The standard InChI is InChI=1S/C10H16N2O3/c1-5-3-7(10(14)15)8(4-5)12-9(13)6(2)11/h6-8H,1,3-4,11H2,2H3,(H,12,13)(H,14,15)/t6-,7-,8+/m0/s1. The highest BCUT2D eigenvalue weighted by molar-refractivity contribution is 5.82. The molecule has 0 aromatic rings. The van der Waals surface area contributed by atoms with Gasteiger partial charge in [-0.15, -0.1) is 0 Å². The summed E-state index contributed by atoms with van der Waals surface area (Å²) in [6, 6.07) is -0.984. The first-order valence-corrected chi connectivity index (χ1v) is 4.87. The van der Waals surface area contributed by atoms with E-state index in [-0.39, 0.29) is 11.9 Å². The van der Waals surface area contributed by atoms with E-state index in [1.165, 1.54) is 0 Å². The third-order valence-electron chi connectivity index (χ3n) is 2.56. The number of rotatable bonds is 3. The number of hydrogen-bond donors (Lipinski definition) is 3. The Morgan fingerprint density at radius 2 is 2.20 bits per heavy atom. The van der Waals surface area contributed by atoms with E-state index in [0.717, 1.165) is 5.57 Å². The van der Waals surface area contributed by atoms with Crippen molar-refractivity contribution in [2.45, 2.75) is 31.8 Å². The molecule has 0 bridgehead atoms. The van der Waals surface area contributed by atoms with Crippen molar-refractivity contribution in [1.82, 2.24) is 5.32 Å². The van der Waals surface area contributed by atoms with Gasteiger partial charge in [-0.2, -0.15) is 0 Å². The summed E-state index contributed by atoms with van der Waals surface area (Å²) in [6.07, 6.45) is 0.953. The Hall–Kier alpha value is -1.36. The van der Waals surface area contributed by atoms with Gasteiger partial charge in [-0.25, -0.2) is 0 Å². The van der Waals surface area contributed by atoms with Crippen molar-refractivity contribution in [3.8, 4) is 0 Å². The molecular formula is C10H16N2O3. The Bertz CT molecular complexity index is 299. The summed E-state index contributed by atoms with van der Waals surface area (Å²) in [6.45, 7) is 5.31. The van der Waals surface area contributed by atoms with E-state index in [4.69, 9.17) is 10.8 Å². The van der Waals surface area contributed by atoms with Crippen molar-refractivity contribution in [3.63, 3.8) is 0 Å². The van der Waals surface area contributed by atoms with Gasteiger partial charge in [-0.3, -0.25) is 9.59 Å². The topological polar surface area (TPSA) is 92.4 Å². The molecule has 0 radical (unpaired) electrons. The predicted molar refractivity (Wildman–Crippen MR) is 55.1 cm³/mol. The summed E-state index contributed by atoms with van der Waals surface area (Å²) in [5.74, 6) is -1.79. The maximum Gasteiger partial charge on any atom is 0.308 e. The number of amides is 1. The van der Waals surface area contributed by atoms with Gasteiger partial charge in [0.1, 0.15) is 0 Å². The fraction of sp³-hybridized carbons (Fsp3) is 0.600. The molecule has 84 valence electrons. The van der Waals surface area contributed by atoms with Crippen LogP contribution in [0.2, 0.25) is 0 Å². The first-order valence-electron chi connectivity index (χ1n) is 4.87. The number of carboxylic acid groups (broad SMARTS) is 1. The van der Waals surface area contributed by atoms with E-state index < -0.39 is 17.9 Å². The normalized spacial score (nSPS) is 27.5. The van der Waals surface area contributed by atoms with Gasteiger partial charge in [0.15, 0.2) is 0 Å². The largest absolute Gasteiger partial charge is 0.481 e. The number of hydrogen-bond acceptors (Lipinski definition) is 3. The quantitative estimate of drug-likeness (QED) is 0.568. The van der Waals surface area contributed by atoms with Gasteiger partial charge in [0, 0.05) is 6.04 Å². The van der Waals surface area contributed by atoms with Crippen molar-refractivity contribution >= 4 is 11.9 Å². The van der Waals surface area contributed by atoms with E-state index in [0.29, 0.717) is 12.8 Å². The molecule has 0 aromatic heterocycles. The summed E-state index contributed by atoms with van der Waals surface area (Å²) >= 11 is 0. The highest BCUT2D eigenvalue weighted by Crippen LogP contribution is 2.29. The predicted octanol–water partition coefficient (Wildman–Crippen LogP) is -0.131. The van der Waals surface area contributed by atoms with Crippen molar-refractivity contribution < 1.29 is 14.7 Å². The lowest BCUT2D eigenvalue weighted by atomic mass is 10.0. The minimum atomic E-state index is -0.899. The van der Waals surface area contributed by atoms with Crippen LogP contribution in [0.15, 0.2) is 12.2 Å². The zero-order chi connectivity index (χ0) is 11.6. The van der Waals surface area contributed by atoms with E-state index in [2.05, 4.69) is 11.9 Å². The van der Waals surface area contributed by atoms with Gasteiger partial charge in [0.25, 0.3) is 0 Å². The van der Waals surface area contributed by atoms with Crippen molar-refractivity contribution in [2.75, 3.05) is 0 Å². The van der Waals surface area contributed by atoms with Crippen LogP contribution in [0.3, 0.4) is 0 Å². The zero-order valence-electron chi connectivity index (χ0n) is 8.69. The first kappa shape index (κ1) is 11.7. The number of carboxylic acids is 1. The molecule has 0 saturated heterocycles. The average molecular weight is 212 g/mol. The molecule has 1 aliphatic rings. The molecule has 1 aliphatic carbocycles. The minimum Gasteiger partial charge on any atom is -0.481 e. The fourth-order valence-corrected chi connectivity index (χ4v) is 1.72. The monoisotopic (exact) mass is 212 g/mol. The zero-order valence-corrected chi connectivity index (χ0v) is 8.69. The molecule has 0 unspecified atom stereocenters. The molecule has 3 atom stereocenters. The molecule has 1 saturated carbocycles. The van der Waals surface area contributed by atoms with Crippen LogP contribution in [-0.4, -0.2) is 29.1 Å². The number of nitrogens with two attached hydrogens (primary N) is 1. The van der Waals surface area contributed by atoms with Crippen molar-refractivity contribution in [2.24, 2.45) is 11.7 Å². The molecule has 0 heterocycles. The van der Waals surface area contributed by atoms with E-state index in [1.54, 1.807) is 6.92 Å². The molecule has 4 N–H and O–H groups in total. The molecule has 0 spiro atoms. The van der Waals surface area contributed by atoms with E-state index in [9.17, 15) is 9.59 Å². The summed E-state index contributed by atoms with van der Waals surface area (Å²) in [5.41, 5.74) is 6.25. The summed E-state index contributed by atoms with van der Waals surface area (Å²) in [5, 5.41) is 11.6. The molecule has 5 nitrogen and oxygen atoms in total. The van der Waals surface area contributed by atoms with Crippen molar-refractivity contribution in [3.05, 3.63) is 12.2 Å². The Balaban J connectivity index is 2.64.